The van der Waals surface area contributed by atoms with Gasteiger partial charge in [-0.15, -0.1) is 0 Å². The lowest BCUT2D eigenvalue weighted by molar-refractivity contribution is 0.128. The molecular weight excluding hydrogens is 253 g/mol. The molecule has 0 aliphatic rings. The molecule has 0 amide bonds. The van der Waals surface area contributed by atoms with Crippen molar-refractivity contribution in [1.29, 1.82) is 0 Å². The van der Waals surface area contributed by atoms with E-state index in [2.05, 4.69) is 12.2 Å². The zero-order valence-corrected chi connectivity index (χ0v) is 11.6. The molecule has 0 aliphatic heterocycles. The second-order valence-electron chi connectivity index (χ2n) is 4.20. The van der Waals surface area contributed by atoms with Crippen LogP contribution in [0.2, 0.25) is 5.02 Å². The zero-order valence-electron chi connectivity index (χ0n) is 10.8. The minimum absolute atomic E-state index is 0.255. The van der Waals surface area contributed by atoms with Crippen LogP contribution in [-0.2, 0) is 11.3 Å². The third-order valence-corrected chi connectivity index (χ3v) is 3.00. The van der Waals surface area contributed by atoms with Gasteiger partial charge in [-0.25, -0.2) is 4.39 Å². The van der Waals surface area contributed by atoms with Crippen molar-refractivity contribution in [3.8, 4) is 0 Å². The van der Waals surface area contributed by atoms with Crippen molar-refractivity contribution in [2.45, 2.75) is 32.7 Å². The van der Waals surface area contributed by atoms with Crippen molar-refractivity contribution in [3.63, 3.8) is 0 Å². The Hall–Kier alpha value is -0.640. The second-order valence-corrected chi connectivity index (χ2v) is 4.60. The van der Waals surface area contributed by atoms with Crippen molar-refractivity contribution >= 4 is 11.6 Å². The van der Waals surface area contributed by atoms with Crippen LogP contribution in [0.15, 0.2) is 18.2 Å². The monoisotopic (exact) mass is 273 g/mol. The summed E-state index contributed by atoms with van der Waals surface area (Å²) in [6.07, 6.45) is 3.19. The average molecular weight is 274 g/mol. The van der Waals surface area contributed by atoms with Gasteiger partial charge in [0.15, 0.2) is 0 Å². The van der Waals surface area contributed by atoms with Gasteiger partial charge >= 0.3 is 0 Å². The third-order valence-electron chi connectivity index (χ3n) is 2.65. The first-order valence-corrected chi connectivity index (χ1v) is 6.85. The molecule has 1 rings (SSSR count). The van der Waals surface area contributed by atoms with Gasteiger partial charge in [0.2, 0.25) is 0 Å². The summed E-state index contributed by atoms with van der Waals surface area (Å²) in [5, 5.41) is 3.64. The number of nitrogens with one attached hydrogen (secondary N) is 1. The molecule has 0 bridgehead atoms. The Morgan fingerprint density at radius 2 is 2.06 bits per heavy atom. The number of ether oxygens (including phenoxy) is 1. The Morgan fingerprint density at radius 3 is 2.78 bits per heavy atom. The normalized spacial score (nSPS) is 10.8. The van der Waals surface area contributed by atoms with Gasteiger partial charge in [0.25, 0.3) is 0 Å². The number of unbranched alkanes of at least 4 members (excludes halogenated alkanes) is 1. The lowest BCUT2D eigenvalue weighted by Gasteiger charge is -2.08. The lowest BCUT2D eigenvalue weighted by atomic mass is 10.2. The fourth-order valence-electron chi connectivity index (χ4n) is 1.56. The highest BCUT2D eigenvalue weighted by atomic mass is 35.5. The Morgan fingerprint density at radius 1 is 1.28 bits per heavy atom. The number of hydrogen-bond acceptors (Lipinski definition) is 2. The lowest BCUT2D eigenvalue weighted by Crippen LogP contribution is -2.17. The maximum Gasteiger partial charge on any atom is 0.129 e. The van der Waals surface area contributed by atoms with Gasteiger partial charge in [0.1, 0.15) is 5.82 Å². The van der Waals surface area contributed by atoms with Crippen molar-refractivity contribution in [3.05, 3.63) is 34.6 Å². The highest BCUT2D eigenvalue weighted by Crippen LogP contribution is 2.18. The summed E-state index contributed by atoms with van der Waals surface area (Å²) in [4.78, 5) is 0. The summed E-state index contributed by atoms with van der Waals surface area (Å²) < 4.78 is 18.8. The molecular formula is C14H21ClFNO. The molecule has 0 spiro atoms. The Bertz CT molecular complexity index is 326. The molecule has 0 heterocycles. The Kier molecular flexibility index (Phi) is 7.98. The zero-order chi connectivity index (χ0) is 13.2. The van der Waals surface area contributed by atoms with E-state index in [1.54, 1.807) is 12.1 Å². The quantitative estimate of drug-likeness (QED) is 0.692. The fourth-order valence-corrected chi connectivity index (χ4v) is 1.79. The van der Waals surface area contributed by atoms with Crippen LogP contribution in [-0.4, -0.2) is 19.8 Å². The molecule has 102 valence electrons. The largest absolute Gasteiger partial charge is 0.381 e. The van der Waals surface area contributed by atoms with E-state index in [4.69, 9.17) is 16.3 Å². The fraction of sp³-hybridized carbons (Fsp3) is 0.571. The molecule has 4 heteroatoms. The van der Waals surface area contributed by atoms with Crippen molar-refractivity contribution in [2.75, 3.05) is 19.8 Å². The predicted octanol–water partition coefficient (Wildman–Crippen LogP) is 3.78. The Labute approximate surface area is 113 Å². The van der Waals surface area contributed by atoms with Crippen LogP contribution in [0.3, 0.4) is 0 Å². The number of halogens is 2. The molecule has 0 aliphatic carbocycles. The van der Waals surface area contributed by atoms with E-state index in [0.717, 1.165) is 39.0 Å². The molecule has 18 heavy (non-hydrogen) atoms. The third kappa shape index (κ3) is 5.80. The second kappa shape index (κ2) is 9.31. The highest BCUT2D eigenvalue weighted by molar-refractivity contribution is 6.31. The summed E-state index contributed by atoms with van der Waals surface area (Å²) >= 11 is 5.92. The molecule has 0 saturated carbocycles. The molecule has 0 atom stereocenters. The van der Waals surface area contributed by atoms with Crippen LogP contribution in [0.1, 0.15) is 31.7 Å². The first-order chi connectivity index (χ1) is 8.75. The van der Waals surface area contributed by atoms with Gasteiger partial charge in [-0.3, -0.25) is 0 Å². The predicted molar refractivity (Wildman–Crippen MR) is 73.5 cm³/mol. The van der Waals surface area contributed by atoms with Crippen molar-refractivity contribution in [1.82, 2.24) is 5.32 Å². The van der Waals surface area contributed by atoms with Gasteiger partial charge in [0, 0.05) is 30.3 Å². The number of hydrogen-bond donors (Lipinski definition) is 1. The van der Waals surface area contributed by atoms with Gasteiger partial charge in [-0.1, -0.05) is 31.0 Å². The summed E-state index contributed by atoms with van der Waals surface area (Å²) in [6.45, 7) is 4.98. The van der Waals surface area contributed by atoms with E-state index in [0.29, 0.717) is 17.1 Å². The minimum atomic E-state index is -0.255. The number of benzene rings is 1. The van der Waals surface area contributed by atoms with E-state index < -0.39 is 0 Å². The van der Waals surface area contributed by atoms with Crippen LogP contribution in [0.25, 0.3) is 0 Å². The maximum atomic E-state index is 13.4. The van der Waals surface area contributed by atoms with E-state index >= 15 is 0 Å². The van der Waals surface area contributed by atoms with Crippen LogP contribution in [0.4, 0.5) is 4.39 Å². The maximum absolute atomic E-state index is 13.4. The van der Waals surface area contributed by atoms with Gasteiger partial charge in [-0.05, 0) is 31.5 Å². The van der Waals surface area contributed by atoms with Crippen LogP contribution in [0, 0.1) is 5.82 Å². The summed E-state index contributed by atoms with van der Waals surface area (Å²) in [7, 11) is 0. The first-order valence-electron chi connectivity index (χ1n) is 6.47. The van der Waals surface area contributed by atoms with Crippen molar-refractivity contribution in [2.24, 2.45) is 0 Å². The first kappa shape index (κ1) is 15.4. The van der Waals surface area contributed by atoms with Gasteiger partial charge < -0.3 is 10.1 Å². The summed E-state index contributed by atoms with van der Waals surface area (Å²) in [5.74, 6) is -0.255. The minimum Gasteiger partial charge on any atom is -0.381 e. The number of rotatable bonds is 9. The molecule has 1 aromatic carbocycles. The molecule has 0 radical (unpaired) electrons. The molecule has 1 N–H and O–H groups in total. The van der Waals surface area contributed by atoms with E-state index in [9.17, 15) is 4.39 Å². The SMILES string of the molecule is CCCCOCCCNCc1c(F)cccc1Cl. The smallest absolute Gasteiger partial charge is 0.129 e. The van der Waals surface area contributed by atoms with E-state index in [1.807, 2.05) is 0 Å². The van der Waals surface area contributed by atoms with Crippen LogP contribution >= 0.6 is 11.6 Å². The van der Waals surface area contributed by atoms with Crippen LogP contribution in [0.5, 0.6) is 0 Å². The Balaban J connectivity index is 2.11. The standard InChI is InChI=1S/C14H21ClFNO/c1-2-3-9-18-10-5-8-17-11-12-13(15)6-4-7-14(12)16/h4,6-7,17H,2-3,5,8-11H2,1H3. The van der Waals surface area contributed by atoms with Crippen LogP contribution < -0.4 is 5.32 Å². The van der Waals surface area contributed by atoms with Gasteiger partial charge in [-0.2, -0.15) is 0 Å². The van der Waals surface area contributed by atoms with Gasteiger partial charge in [0.05, 0.1) is 0 Å². The topological polar surface area (TPSA) is 21.3 Å². The molecule has 0 unspecified atom stereocenters. The molecule has 0 fully saturated rings. The molecule has 0 aromatic heterocycles. The molecule has 1 aromatic rings. The summed E-state index contributed by atoms with van der Waals surface area (Å²) in [6, 6.07) is 4.75. The highest BCUT2D eigenvalue weighted by Gasteiger charge is 2.05. The van der Waals surface area contributed by atoms with E-state index in [1.165, 1.54) is 6.07 Å². The summed E-state index contributed by atoms with van der Waals surface area (Å²) in [5.41, 5.74) is 0.533. The molecule has 2 nitrogen and oxygen atoms in total. The molecule has 0 saturated heterocycles. The van der Waals surface area contributed by atoms with E-state index in [-0.39, 0.29) is 5.82 Å². The average Bonchev–Trinajstić information content (AvgIpc) is 2.35. The van der Waals surface area contributed by atoms with Crippen molar-refractivity contribution < 1.29 is 9.13 Å².